The first-order valence-corrected chi connectivity index (χ1v) is 5.47. The lowest BCUT2D eigenvalue weighted by molar-refractivity contribution is 0.0400. The van der Waals surface area contributed by atoms with Crippen molar-refractivity contribution >= 4 is 12.5 Å². The molecule has 98 valence electrons. The number of hydrogen-bond acceptors (Lipinski definition) is 6. The Morgan fingerprint density at radius 2 is 2.39 bits per heavy atom. The minimum Gasteiger partial charge on any atom is -0.391 e. The summed E-state index contributed by atoms with van der Waals surface area (Å²) in [6.45, 7) is 5.03. The maximum atomic E-state index is 11.8. The molecular formula is C10H16N6O2. The minimum absolute atomic E-state index is 0.247. The maximum Gasteiger partial charge on any atom is 0.360 e. The summed E-state index contributed by atoms with van der Waals surface area (Å²) >= 11 is 0. The van der Waals surface area contributed by atoms with Crippen LogP contribution in [0.3, 0.4) is 0 Å². The molecule has 0 saturated carbocycles. The van der Waals surface area contributed by atoms with Gasteiger partial charge in [0.05, 0.1) is 12.1 Å². The Hall–Kier alpha value is -2.06. The maximum absolute atomic E-state index is 11.8. The van der Waals surface area contributed by atoms with Crippen molar-refractivity contribution in [3.8, 4) is 0 Å². The second-order valence-corrected chi connectivity index (χ2v) is 4.00. The van der Waals surface area contributed by atoms with E-state index >= 15 is 0 Å². The van der Waals surface area contributed by atoms with Crippen LogP contribution in [0.2, 0.25) is 0 Å². The Labute approximate surface area is 103 Å². The average molecular weight is 252 g/mol. The number of aromatic amines is 1. The molecule has 8 nitrogen and oxygen atoms in total. The van der Waals surface area contributed by atoms with Gasteiger partial charge in [-0.15, -0.1) is 4.73 Å². The van der Waals surface area contributed by atoms with Crippen LogP contribution in [0.5, 0.6) is 0 Å². The highest BCUT2D eigenvalue weighted by molar-refractivity contribution is 5.47. The van der Waals surface area contributed by atoms with Gasteiger partial charge >= 0.3 is 5.69 Å². The zero-order valence-electron chi connectivity index (χ0n) is 9.96. The molecule has 0 radical (unpaired) electrons. The summed E-state index contributed by atoms with van der Waals surface area (Å²) in [6, 6.07) is 0. The number of nitrogens with zero attached hydrogens (tertiary/aromatic N) is 2. The molecule has 3 atom stereocenters. The van der Waals surface area contributed by atoms with Gasteiger partial charge in [0.25, 0.3) is 0 Å². The zero-order chi connectivity index (χ0) is 13.3. The fourth-order valence-electron chi connectivity index (χ4n) is 1.86. The average Bonchev–Trinajstić information content (AvgIpc) is 2.83. The lowest BCUT2D eigenvalue weighted by Crippen LogP contribution is -2.40. The van der Waals surface area contributed by atoms with Crippen LogP contribution in [0.4, 0.5) is 5.82 Å². The smallest absolute Gasteiger partial charge is 0.360 e. The molecule has 0 bridgehead atoms. The Kier molecular flexibility index (Phi) is 3.21. The van der Waals surface area contributed by atoms with Crippen molar-refractivity contribution < 1.29 is 4.84 Å². The molecule has 0 aromatic carbocycles. The number of rotatable bonds is 4. The lowest BCUT2D eigenvalue weighted by Gasteiger charge is -2.18. The largest absolute Gasteiger partial charge is 0.391 e. The third-order valence-electron chi connectivity index (χ3n) is 2.60. The Morgan fingerprint density at radius 3 is 2.89 bits per heavy atom. The standard InChI is InChI=1S/C10H16N6O2/c1-5(11)18-16-7(6-3-4-14-8(6)12)9(13-2)15-10(16)17/h3-6,8,14H,2,11-12H2,1H3,(H,15,17). The van der Waals surface area contributed by atoms with E-state index in [2.05, 4.69) is 22.0 Å². The summed E-state index contributed by atoms with van der Waals surface area (Å²) in [7, 11) is 0. The Morgan fingerprint density at radius 1 is 1.67 bits per heavy atom. The van der Waals surface area contributed by atoms with Crippen LogP contribution in [0.25, 0.3) is 0 Å². The monoisotopic (exact) mass is 252 g/mol. The molecule has 0 saturated heterocycles. The minimum atomic E-state index is -0.635. The van der Waals surface area contributed by atoms with Crippen molar-refractivity contribution in [2.45, 2.75) is 25.2 Å². The van der Waals surface area contributed by atoms with E-state index in [1.165, 1.54) is 0 Å². The van der Waals surface area contributed by atoms with Crippen molar-refractivity contribution in [3.63, 3.8) is 0 Å². The van der Waals surface area contributed by atoms with Gasteiger partial charge in [0.2, 0.25) is 0 Å². The molecule has 0 spiro atoms. The first-order valence-electron chi connectivity index (χ1n) is 5.47. The molecular weight excluding hydrogens is 236 g/mol. The fraction of sp³-hybridized carbons (Fsp3) is 0.400. The third-order valence-corrected chi connectivity index (χ3v) is 2.60. The third kappa shape index (κ3) is 2.03. The van der Waals surface area contributed by atoms with E-state index in [1.54, 1.807) is 13.1 Å². The van der Waals surface area contributed by atoms with Crippen LogP contribution in [0, 0.1) is 0 Å². The van der Waals surface area contributed by atoms with E-state index in [4.69, 9.17) is 16.3 Å². The fourth-order valence-corrected chi connectivity index (χ4v) is 1.86. The van der Waals surface area contributed by atoms with Crippen LogP contribution in [-0.4, -0.2) is 28.8 Å². The summed E-state index contributed by atoms with van der Waals surface area (Å²) in [5.41, 5.74) is 11.5. The second kappa shape index (κ2) is 4.67. The summed E-state index contributed by atoms with van der Waals surface area (Å²) in [5.74, 6) is 0.0812. The van der Waals surface area contributed by atoms with E-state index in [-0.39, 0.29) is 12.1 Å². The molecule has 3 unspecified atom stereocenters. The molecule has 1 aromatic heterocycles. The van der Waals surface area contributed by atoms with Crippen LogP contribution in [-0.2, 0) is 0 Å². The van der Waals surface area contributed by atoms with Gasteiger partial charge in [-0.25, -0.2) is 9.79 Å². The molecule has 8 heteroatoms. The summed E-state index contributed by atoms with van der Waals surface area (Å²) in [5, 5.41) is 2.93. The molecule has 0 aliphatic carbocycles. The van der Waals surface area contributed by atoms with Crippen molar-refractivity contribution in [1.29, 1.82) is 0 Å². The van der Waals surface area contributed by atoms with Crippen LogP contribution < -0.4 is 27.3 Å². The number of hydrogen-bond donors (Lipinski definition) is 4. The van der Waals surface area contributed by atoms with E-state index in [0.29, 0.717) is 11.5 Å². The predicted molar refractivity (Wildman–Crippen MR) is 67.5 cm³/mol. The van der Waals surface area contributed by atoms with Crippen molar-refractivity contribution in [3.05, 3.63) is 28.5 Å². The number of imidazole rings is 1. The highest BCUT2D eigenvalue weighted by Crippen LogP contribution is 2.28. The Bertz CT molecular complexity index is 529. The molecule has 6 N–H and O–H groups in total. The van der Waals surface area contributed by atoms with Crippen LogP contribution in [0.15, 0.2) is 22.1 Å². The topological polar surface area (TPSA) is 123 Å². The number of H-pyrrole nitrogens is 1. The van der Waals surface area contributed by atoms with Crippen LogP contribution >= 0.6 is 0 Å². The second-order valence-electron chi connectivity index (χ2n) is 4.00. The van der Waals surface area contributed by atoms with Crippen molar-refractivity contribution in [1.82, 2.24) is 15.0 Å². The first-order chi connectivity index (χ1) is 8.54. The van der Waals surface area contributed by atoms with E-state index < -0.39 is 11.9 Å². The lowest BCUT2D eigenvalue weighted by atomic mass is 10.0. The first kappa shape index (κ1) is 12.4. The molecule has 1 aromatic rings. The number of nitrogens with one attached hydrogen (secondary N) is 2. The highest BCUT2D eigenvalue weighted by Gasteiger charge is 2.29. The van der Waals surface area contributed by atoms with Gasteiger partial charge in [-0.1, -0.05) is 6.08 Å². The van der Waals surface area contributed by atoms with Gasteiger partial charge in [0.1, 0.15) is 5.69 Å². The molecule has 2 heterocycles. The van der Waals surface area contributed by atoms with Crippen molar-refractivity contribution in [2.24, 2.45) is 16.5 Å². The van der Waals surface area contributed by atoms with Gasteiger partial charge in [0, 0.05) is 0 Å². The van der Waals surface area contributed by atoms with Gasteiger partial charge in [0.15, 0.2) is 12.0 Å². The molecule has 18 heavy (non-hydrogen) atoms. The molecule has 0 amide bonds. The van der Waals surface area contributed by atoms with E-state index in [9.17, 15) is 4.79 Å². The molecule has 0 fully saturated rings. The quantitative estimate of drug-likeness (QED) is 0.393. The SMILES string of the molecule is C=Nc1[nH]c(=O)n(OC(C)N)c1C1C=CNC1N. The van der Waals surface area contributed by atoms with E-state index in [0.717, 1.165) is 4.73 Å². The summed E-state index contributed by atoms with van der Waals surface area (Å²) < 4.78 is 1.08. The molecule has 1 aliphatic rings. The number of aliphatic imine (C=N–C) groups is 1. The summed E-state index contributed by atoms with van der Waals surface area (Å²) in [6.07, 6.45) is 2.55. The van der Waals surface area contributed by atoms with Crippen LogP contribution in [0.1, 0.15) is 18.5 Å². The molecule has 1 aliphatic heterocycles. The zero-order valence-corrected chi connectivity index (χ0v) is 9.96. The highest BCUT2D eigenvalue weighted by atomic mass is 16.7. The van der Waals surface area contributed by atoms with E-state index in [1.807, 2.05) is 6.08 Å². The van der Waals surface area contributed by atoms with Crippen molar-refractivity contribution in [2.75, 3.05) is 0 Å². The number of nitrogens with two attached hydrogens (primary N) is 2. The molecule has 2 rings (SSSR count). The van der Waals surface area contributed by atoms with Gasteiger partial charge in [-0.2, -0.15) is 0 Å². The Balaban J connectivity index is 2.51. The number of aromatic nitrogens is 2. The van der Waals surface area contributed by atoms with Gasteiger partial charge < -0.3 is 15.9 Å². The predicted octanol–water partition coefficient (Wildman–Crippen LogP) is -1.27. The normalized spacial score (nSPS) is 23.7. The van der Waals surface area contributed by atoms with Gasteiger partial charge in [-0.3, -0.25) is 10.7 Å². The summed E-state index contributed by atoms with van der Waals surface area (Å²) in [4.78, 5) is 23.4. The van der Waals surface area contributed by atoms with Gasteiger partial charge in [-0.05, 0) is 19.8 Å².